The predicted molar refractivity (Wildman–Crippen MR) is 66.8 cm³/mol. The molecule has 0 amide bonds. The lowest BCUT2D eigenvalue weighted by atomic mass is 9.99. The van der Waals surface area contributed by atoms with Crippen molar-refractivity contribution in [2.75, 3.05) is 6.61 Å². The first-order valence-corrected chi connectivity index (χ1v) is 6.31. The van der Waals surface area contributed by atoms with Gasteiger partial charge in [0.05, 0.1) is 12.9 Å². The fourth-order valence-electron chi connectivity index (χ4n) is 2.36. The molecule has 0 aliphatic carbocycles. The molecule has 0 spiro atoms. The van der Waals surface area contributed by atoms with Crippen LogP contribution in [0.3, 0.4) is 0 Å². The molecule has 2 aromatic rings. The SMILES string of the molecule is C[C@@]1(F)C(O)[C@@H](CO)O[C@H]1n1cnc2c(Cl)ncnc21. The molecule has 2 aromatic heterocycles. The molecule has 1 aliphatic rings. The van der Waals surface area contributed by atoms with Crippen LogP contribution in [0.15, 0.2) is 12.7 Å². The van der Waals surface area contributed by atoms with Gasteiger partial charge in [-0.3, -0.25) is 4.57 Å². The van der Waals surface area contributed by atoms with Gasteiger partial charge in [-0.25, -0.2) is 19.3 Å². The summed E-state index contributed by atoms with van der Waals surface area (Å²) in [6.07, 6.45) is -1.07. The standard InChI is InChI=1S/C11H12ClFN4O3/c1-11(13)7(19)5(2-18)20-10(11)17-4-16-6-8(12)14-3-15-9(6)17/h3-5,7,10,18-19H,2H2,1H3/t5-,7?,10-,11-/m1/s1. The van der Waals surface area contributed by atoms with Crippen molar-refractivity contribution in [3.8, 4) is 0 Å². The molecular formula is C11H12ClFN4O3. The summed E-state index contributed by atoms with van der Waals surface area (Å²) in [5.74, 6) is 0. The van der Waals surface area contributed by atoms with Crippen molar-refractivity contribution in [3.63, 3.8) is 0 Å². The highest BCUT2D eigenvalue weighted by molar-refractivity contribution is 6.33. The molecule has 1 saturated heterocycles. The summed E-state index contributed by atoms with van der Waals surface area (Å²) < 4.78 is 21.4. The number of aliphatic hydroxyl groups excluding tert-OH is 2. The zero-order valence-corrected chi connectivity index (χ0v) is 11.2. The van der Waals surface area contributed by atoms with Crippen LogP contribution < -0.4 is 0 Å². The molecule has 0 saturated carbocycles. The van der Waals surface area contributed by atoms with Crippen LogP contribution in [0.2, 0.25) is 5.15 Å². The average Bonchev–Trinajstić information content (AvgIpc) is 2.92. The van der Waals surface area contributed by atoms with Gasteiger partial charge < -0.3 is 14.9 Å². The van der Waals surface area contributed by atoms with Gasteiger partial charge in [0.2, 0.25) is 0 Å². The average molecular weight is 303 g/mol. The van der Waals surface area contributed by atoms with Crippen LogP contribution in [0.25, 0.3) is 11.2 Å². The van der Waals surface area contributed by atoms with Gasteiger partial charge in [-0.1, -0.05) is 11.6 Å². The first-order valence-electron chi connectivity index (χ1n) is 5.93. The largest absolute Gasteiger partial charge is 0.394 e. The second kappa shape index (κ2) is 4.59. The molecule has 0 radical (unpaired) electrons. The van der Waals surface area contributed by atoms with Crippen LogP contribution in [0.4, 0.5) is 4.39 Å². The molecule has 3 rings (SSSR count). The van der Waals surface area contributed by atoms with Crippen molar-refractivity contribution in [1.82, 2.24) is 19.5 Å². The highest BCUT2D eigenvalue weighted by Gasteiger charge is 2.55. The number of rotatable bonds is 2. The van der Waals surface area contributed by atoms with Crippen molar-refractivity contribution in [1.29, 1.82) is 0 Å². The third-order valence-corrected chi connectivity index (χ3v) is 3.74. The third kappa shape index (κ3) is 1.80. The Morgan fingerprint density at radius 2 is 2.25 bits per heavy atom. The van der Waals surface area contributed by atoms with Crippen molar-refractivity contribution in [3.05, 3.63) is 17.8 Å². The Hall–Kier alpha value is -1.35. The number of aliphatic hydroxyl groups is 2. The normalized spacial score (nSPS) is 34.0. The molecule has 20 heavy (non-hydrogen) atoms. The third-order valence-electron chi connectivity index (χ3n) is 3.46. The van der Waals surface area contributed by atoms with Gasteiger partial charge in [0.1, 0.15) is 24.1 Å². The fraction of sp³-hybridized carbons (Fsp3) is 0.545. The van der Waals surface area contributed by atoms with Crippen molar-refractivity contribution in [2.45, 2.75) is 31.0 Å². The first-order chi connectivity index (χ1) is 9.46. The Labute approximate surface area is 118 Å². The molecule has 0 bridgehead atoms. The molecule has 9 heteroatoms. The van der Waals surface area contributed by atoms with Crippen LogP contribution in [-0.4, -0.2) is 54.2 Å². The van der Waals surface area contributed by atoms with E-state index in [4.69, 9.17) is 21.4 Å². The molecule has 4 atom stereocenters. The van der Waals surface area contributed by atoms with E-state index in [0.29, 0.717) is 11.2 Å². The Morgan fingerprint density at radius 3 is 2.90 bits per heavy atom. The highest BCUT2D eigenvalue weighted by atomic mass is 35.5. The van der Waals surface area contributed by atoms with E-state index in [9.17, 15) is 9.50 Å². The van der Waals surface area contributed by atoms with E-state index in [2.05, 4.69) is 15.0 Å². The maximum absolute atomic E-state index is 14.7. The summed E-state index contributed by atoms with van der Waals surface area (Å²) in [5.41, 5.74) is -1.49. The second-order valence-electron chi connectivity index (χ2n) is 4.79. The molecule has 1 aliphatic heterocycles. The summed E-state index contributed by atoms with van der Waals surface area (Å²) in [7, 11) is 0. The van der Waals surface area contributed by atoms with Crippen LogP contribution in [0.5, 0.6) is 0 Å². The summed E-state index contributed by atoms with van der Waals surface area (Å²) in [6, 6.07) is 0. The van der Waals surface area contributed by atoms with E-state index in [-0.39, 0.29) is 5.15 Å². The highest BCUT2D eigenvalue weighted by Crippen LogP contribution is 2.42. The number of alkyl halides is 1. The summed E-state index contributed by atoms with van der Waals surface area (Å²) in [5, 5.41) is 19.1. The van der Waals surface area contributed by atoms with Crippen LogP contribution >= 0.6 is 11.6 Å². The predicted octanol–water partition coefficient (Wildman–Crippen LogP) is 0.458. The van der Waals surface area contributed by atoms with Crippen molar-refractivity contribution >= 4 is 22.8 Å². The maximum Gasteiger partial charge on any atom is 0.181 e. The Bertz CT molecular complexity index is 650. The summed E-state index contributed by atoms with van der Waals surface area (Å²) in [4.78, 5) is 11.8. The molecule has 2 N–H and O–H groups in total. The molecule has 7 nitrogen and oxygen atoms in total. The lowest BCUT2D eigenvalue weighted by Crippen LogP contribution is -2.40. The van der Waals surface area contributed by atoms with Gasteiger partial charge in [-0.2, -0.15) is 0 Å². The number of halogens is 2. The minimum absolute atomic E-state index is 0.145. The number of nitrogens with zero attached hydrogens (tertiary/aromatic N) is 4. The van der Waals surface area contributed by atoms with Gasteiger partial charge in [0.25, 0.3) is 0 Å². The van der Waals surface area contributed by atoms with Crippen LogP contribution in [-0.2, 0) is 4.74 Å². The molecule has 0 aromatic carbocycles. The Morgan fingerprint density at radius 1 is 1.50 bits per heavy atom. The minimum atomic E-state index is -2.10. The monoisotopic (exact) mass is 302 g/mol. The lowest BCUT2D eigenvalue weighted by molar-refractivity contribution is -0.0566. The van der Waals surface area contributed by atoms with Crippen LogP contribution in [0.1, 0.15) is 13.2 Å². The van der Waals surface area contributed by atoms with Gasteiger partial charge in [0.15, 0.2) is 22.7 Å². The quantitative estimate of drug-likeness (QED) is 0.783. The van der Waals surface area contributed by atoms with Crippen molar-refractivity contribution in [2.24, 2.45) is 0 Å². The van der Waals surface area contributed by atoms with Gasteiger partial charge >= 0.3 is 0 Å². The number of hydrogen-bond donors (Lipinski definition) is 2. The number of fused-ring (bicyclic) bond motifs is 1. The molecule has 108 valence electrons. The summed E-state index contributed by atoms with van der Waals surface area (Å²) >= 11 is 5.88. The minimum Gasteiger partial charge on any atom is -0.394 e. The number of hydrogen-bond acceptors (Lipinski definition) is 6. The number of imidazole rings is 1. The Balaban J connectivity index is 2.10. The zero-order valence-electron chi connectivity index (χ0n) is 10.4. The molecule has 1 unspecified atom stereocenters. The van der Waals surface area contributed by atoms with Gasteiger partial charge in [-0.15, -0.1) is 0 Å². The number of aromatic nitrogens is 4. The molecule has 1 fully saturated rings. The number of ether oxygens (including phenoxy) is 1. The van der Waals surface area contributed by atoms with E-state index in [0.717, 1.165) is 0 Å². The van der Waals surface area contributed by atoms with Gasteiger partial charge in [0, 0.05) is 0 Å². The van der Waals surface area contributed by atoms with Crippen molar-refractivity contribution < 1.29 is 19.3 Å². The van der Waals surface area contributed by atoms with E-state index in [1.165, 1.54) is 24.1 Å². The summed E-state index contributed by atoms with van der Waals surface area (Å²) in [6.45, 7) is 0.714. The Kier molecular flexibility index (Phi) is 3.13. The van der Waals surface area contributed by atoms with Gasteiger partial charge in [-0.05, 0) is 6.92 Å². The maximum atomic E-state index is 14.7. The smallest absolute Gasteiger partial charge is 0.181 e. The first kappa shape index (κ1) is 13.6. The molecular weight excluding hydrogens is 291 g/mol. The van der Waals surface area contributed by atoms with E-state index < -0.39 is 30.7 Å². The fourth-order valence-corrected chi connectivity index (χ4v) is 2.53. The van der Waals surface area contributed by atoms with Crippen LogP contribution in [0, 0.1) is 0 Å². The van der Waals surface area contributed by atoms with E-state index in [1.807, 2.05) is 0 Å². The topological polar surface area (TPSA) is 93.3 Å². The van der Waals surface area contributed by atoms with E-state index >= 15 is 0 Å². The second-order valence-corrected chi connectivity index (χ2v) is 5.15. The van der Waals surface area contributed by atoms with E-state index in [1.54, 1.807) is 0 Å². The lowest BCUT2D eigenvalue weighted by Gasteiger charge is -2.24. The molecule has 3 heterocycles. The zero-order chi connectivity index (χ0) is 14.5.